The monoisotopic (exact) mass is 680 g/mol. The van der Waals surface area contributed by atoms with Gasteiger partial charge in [0.05, 0.1) is 25.3 Å². The lowest BCUT2D eigenvalue weighted by atomic mass is 10.1. The van der Waals surface area contributed by atoms with Gasteiger partial charge in [-0.25, -0.2) is 9.13 Å². The van der Waals surface area contributed by atoms with Crippen molar-refractivity contribution < 1.29 is 52.6 Å². The predicted octanol–water partition coefficient (Wildman–Crippen LogP) is 0.0639. The van der Waals surface area contributed by atoms with Crippen molar-refractivity contribution in [3.05, 3.63) is 72.3 Å². The van der Waals surface area contributed by atoms with E-state index in [1.54, 1.807) is 14.2 Å². The minimum atomic E-state index is 0. The fourth-order valence-corrected chi connectivity index (χ4v) is 6.41. The Labute approximate surface area is 262 Å². The molecule has 6 aromatic rings. The van der Waals surface area contributed by atoms with Crippen LogP contribution in [0.3, 0.4) is 0 Å². The Kier molecular flexibility index (Phi) is 9.34. The minimum absolute atomic E-state index is 0. The molecule has 216 valence electrons. The number of benzene rings is 2. The van der Waals surface area contributed by atoms with Gasteiger partial charge in [0.15, 0.2) is 12.4 Å². The first-order valence-corrected chi connectivity index (χ1v) is 13.8. The van der Waals surface area contributed by atoms with E-state index in [1.807, 2.05) is 12.1 Å². The van der Waals surface area contributed by atoms with Crippen LogP contribution in [-0.4, -0.2) is 23.4 Å². The number of fused-ring (bicyclic) bond motifs is 6. The van der Waals surface area contributed by atoms with E-state index in [-0.39, 0.29) is 34.0 Å². The number of rotatable bonds is 8. The lowest BCUT2D eigenvalue weighted by Crippen LogP contribution is -3.00. The van der Waals surface area contributed by atoms with Crippen LogP contribution in [0.25, 0.3) is 43.6 Å². The molecule has 0 amide bonds. The van der Waals surface area contributed by atoms with Crippen LogP contribution in [0.15, 0.2) is 60.9 Å². The Morgan fingerprint density at radius 1 is 0.585 bits per heavy atom. The Morgan fingerprint density at radius 2 is 1.00 bits per heavy atom. The van der Waals surface area contributed by atoms with Crippen molar-refractivity contribution in [2.75, 3.05) is 14.2 Å². The zero-order chi connectivity index (χ0) is 27.3. The summed E-state index contributed by atoms with van der Waals surface area (Å²) in [5.41, 5.74) is 7.64. The van der Waals surface area contributed by atoms with Crippen LogP contribution in [0, 0.1) is 13.8 Å². The molecule has 6 rings (SSSR count). The smallest absolute Gasteiger partial charge is 0.202 e. The van der Waals surface area contributed by atoms with Gasteiger partial charge in [0.2, 0.25) is 11.4 Å². The number of nitrogens with zero attached hydrogens (tertiary/aromatic N) is 4. The topological polar surface area (TPSA) is 36.1 Å². The summed E-state index contributed by atoms with van der Waals surface area (Å²) in [5.74, 6) is 1.79. The summed E-state index contributed by atoms with van der Waals surface area (Å²) in [7, 11) is 7.76. The van der Waals surface area contributed by atoms with Crippen LogP contribution >= 0.6 is 0 Å². The number of aryl methyl sites for hydroxylation is 6. The highest BCUT2D eigenvalue weighted by atomic mass is 79.9. The maximum atomic E-state index is 5.47. The Balaban J connectivity index is 0.00000194. The fourth-order valence-electron chi connectivity index (χ4n) is 6.41. The van der Waals surface area contributed by atoms with Crippen molar-refractivity contribution in [2.24, 2.45) is 14.1 Å². The molecule has 0 unspecified atom stereocenters. The van der Waals surface area contributed by atoms with Gasteiger partial charge in [-0.2, -0.15) is 0 Å². The Hall–Kier alpha value is -3.10. The van der Waals surface area contributed by atoms with Gasteiger partial charge in [0.25, 0.3) is 0 Å². The molecule has 0 saturated carbocycles. The first kappa shape index (κ1) is 30.8. The molecule has 41 heavy (non-hydrogen) atoms. The number of methoxy groups -OCH3 is 2. The molecule has 0 aliphatic heterocycles. The van der Waals surface area contributed by atoms with Crippen LogP contribution < -0.4 is 52.6 Å². The largest absolute Gasteiger partial charge is 1.00 e. The molecular weight excluding hydrogens is 644 g/mol. The minimum Gasteiger partial charge on any atom is -1.00 e. The van der Waals surface area contributed by atoms with Gasteiger partial charge in [-0.15, -0.1) is 0 Å². The van der Waals surface area contributed by atoms with Crippen molar-refractivity contribution in [1.29, 1.82) is 0 Å². The van der Waals surface area contributed by atoms with Crippen LogP contribution in [0.5, 0.6) is 11.5 Å². The Morgan fingerprint density at radius 3 is 1.39 bits per heavy atom. The molecule has 8 heteroatoms. The van der Waals surface area contributed by atoms with Crippen molar-refractivity contribution >= 4 is 43.6 Å². The number of hydrogen-bond donors (Lipinski definition) is 0. The molecule has 0 atom stereocenters. The van der Waals surface area contributed by atoms with Gasteiger partial charge in [0, 0.05) is 86.6 Å². The normalized spacial score (nSPS) is 11.3. The highest BCUT2D eigenvalue weighted by Crippen LogP contribution is 2.32. The first-order valence-electron chi connectivity index (χ1n) is 13.8. The van der Waals surface area contributed by atoms with Crippen LogP contribution in [0.4, 0.5) is 0 Å². The molecule has 0 saturated heterocycles. The first-order chi connectivity index (χ1) is 18.9. The highest BCUT2D eigenvalue weighted by molar-refractivity contribution is 6.09. The van der Waals surface area contributed by atoms with Gasteiger partial charge in [-0.05, 0) is 30.7 Å². The second-order valence-electron chi connectivity index (χ2n) is 10.7. The third-order valence-corrected chi connectivity index (χ3v) is 8.58. The van der Waals surface area contributed by atoms with E-state index in [9.17, 15) is 0 Å². The van der Waals surface area contributed by atoms with Gasteiger partial charge in [-0.3, -0.25) is 0 Å². The maximum Gasteiger partial charge on any atom is 0.202 e. The Bertz CT molecular complexity index is 1740. The zero-order valence-corrected chi connectivity index (χ0v) is 27.8. The summed E-state index contributed by atoms with van der Waals surface area (Å²) in [5, 5.41) is 5.16. The van der Waals surface area contributed by atoms with E-state index in [1.165, 1.54) is 61.4 Å². The molecule has 0 aliphatic carbocycles. The van der Waals surface area contributed by atoms with E-state index in [4.69, 9.17) is 9.47 Å². The number of halogens is 2. The zero-order valence-electron chi connectivity index (χ0n) is 24.7. The van der Waals surface area contributed by atoms with E-state index in [2.05, 4.69) is 95.0 Å². The van der Waals surface area contributed by atoms with Gasteiger partial charge < -0.3 is 52.6 Å². The molecule has 0 fully saturated rings. The molecule has 4 aromatic heterocycles. The number of pyridine rings is 2. The molecular formula is C33H38Br2N4O2. The fraction of sp³-hybridized carbons (Fsp3) is 0.333. The van der Waals surface area contributed by atoms with Crippen LogP contribution in [0.2, 0.25) is 0 Å². The molecule has 0 radical (unpaired) electrons. The van der Waals surface area contributed by atoms with E-state index in [0.717, 1.165) is 37.4 Å². The molecule has 0 spiro atoms. The molecule has 0 aliphatic rings. The van der Waals surface area contributed by atoms with Crippen LogP contribution in [0.1, 0.15) is 30.7 Å². The SMILES string of the molecule is COc1ccc2c3cc[n+](CCCCC[n+]4ccc5c6ccc(OC)cc6n(C)c5c4C)c(C)c3n(C)c2c1.[Br-].[Br-]. The second-order valence-corrected chi connectivity index (χ2v) is 10.7. The quantitative estimate of drug-likeness (QED) is 0.169. The third-order valence-electron chi connectivity index (χ3n) is 8.58. The lowest BCUT2D eigenvalue weighted by Gasteiger charge is -2.05. The number of hydrogen-bond acceptors (Lipinski definition) is 2. The van der Waals surface area contributed by atoms with Crippen molar-refractivity contribution in [3.8, 4) is 11.5 Å². The van der Waals surface area contributed by atoms with Gasteiger partial charge >= 0.3 is 0 Å². The number of ether oxygens (including phenoxy) is 2. The summed E-state index contributed by atoms with van der Waals surface area (Å²) < 4.78 is 20.4. The van der Waals surface area contributed by atoms with Gasteiger partial charge in [0.1, 0.15) is 35.6 Å². The summed E-state index contributed by atoms with van der Waals surface area (Å²) in [6.07, 6.45) is 8.01. The summed E-state index contributed by atoms with van der Waals surface area (Å²) >= 11 is 0. The van der Waals surface area contributed by atoms with E-state index < -0.39 is 0 Å². The molecule has 0 N–H and O–H groups in total. The average molecular weight is 683 g/mol. The predicted molar refractivity (Wildman–Crippen MR) is 158 cm³/mol. The lowest BCUT2D eigenvalue weighted by molar-refractivity contribution is -0.705. The van der Waals surface area contributed by atoms with Crippen molar-refractivity contribution in [3.63, 3.8) is 0 Å². The highest BCUT2D eigenvalue weighted by Gasteiger charge is 2.20. The van der Waals surface area contributed by atoms with Crippen molar-refractivity contribution in [2.45, 2.75) is 46.2 Å². The summed E-state index contributed by atoms with van der Waals surface area (Å²) in [6, 6.07) is 17.2. The molecule has 6 nitrogen and oxygen atoms in total. The molecule has 0 bridgehead atoms. The third kappa shape index (κ3) is 5.21. The van der Waals surface area contributed by atoms with E-state index in [0.29, 0.717) is 0 Å². The number of aromatic nitrogens is 4. The number of unbranched alkanes of at least 4 members (excludes halogenated alkanes) is 2. The molecule has 4 heterocycles. The summed E-state index contributed by atoms with van der Waals surface area (Å²) in [4.78, 5) is 0. The van der Waals surface area contributed by atoms with Gasteiger partial charge in [-0.1, -0.05) is 0 Å². The van der Waals surface area contributed by atoms with Crippen LogP contribution in [-0.2, 0) is 27.2 Å². The van der Waals surface area contributed by atoms with Crippen molar-refractivity contribution in [1.82, 2.24) is 9.13 Å². The maximum absolute atomic E-state index is 5.47. The average Bonchev–Trinajstić information content (AvgIpc) is 3.41. The van der Waals surface area contributed by atoms with E-state index >= 15 is 0 Å². The molecule has 2 aromatic carbocycles. The second kappa shape index (κ2) is 12.4. The summed E-state index contributed by atoms with van der Waals surface area (Å²) in [6.45, 7) is 6.54. The standard InChI is InChI=1S/C33H38N4O2.2BrH/c1-22-32-28(26-12-10-24(38-5)20-30(26)34(32)3)14-18-36(22)16-8-7-9-17-37-19-15-29-27-13-11-25(39-6)21-31(27)35(4)33(29)23(37)2;;/h10-15,18-21H,7-9,16-17H2,1-6H3;2*1H/q+2;;/p-2.